The van der Waals surface area contributed by atoms with Gasteiger partial charge in [-0.2, -0.15) is 0 Å². The number of nitrogens with one attached hydrogen (secondary N) is 2. The van der Waals surface area contributed by atoms with Crippen molar-refractivity contribution in [1.82, 2.24) is 20.2 Å². The number of para-hydroxylation sites is 2. The minimum atomic E-state index is -0.0624. The molecule has 1 heterocycles. The van der Waals surface area contributed by atoms with Crippen molar-refractivity contribution in [3.05, 3.63) is 54.6 Å². The van der Waals surface area contributed by atoms with Gasteiger partial charge in [0, 0.05) is 24.7 Å². The second-order valence-electron chi connectivity index (χ2n) is 7.18. The third-order valence-corrected chi connectivity index (χ3v) is 5.25. The summed E-state index contributed by atoms with van der Waals surface area (Å²) in [6.45, 7) is 1.25. The Morgan fingerprint density at radius 1 is 1.00 bits per heavy atom. The highest BCUT2D eigenvalue weighted by Gasteiger charge is 2.16. The zero-order valence-corrected chi connectivity index (χ0v) is 15.5. The first kappa shape index (κ1) is 17.6. The average molecular weight is 362 g/mol. The minimum absolute atomic E-state index is 0.0624. The SMILES string of the molecule is O=C(NCCn1c(-c2ccccc2)nc2ccccc21)NC1CCCCC1. The Hall–Kier alpha value is -2.82. The number of nitrogens with zero attached hydrogens (tertiary/aromatic N) is 2. The number of hydrogen-bond acceptors (Lipinski definition) is 2. The minimum Gasteiger partial charge on any atom is -0.336 e. The van der Waals surface area contributed by atoms with Crippen LogP contribution in [0.5, 0.6) is 0 Å². The van der Waals surface area contributed by atoms with Crippen molar-refractivity contribution in [3.8, 4) is 11.4 Å². The topological polar surface area (TPSA) is 59.0 Å². The van der Waals surface area contributed by atoms with Crippen LogP contribution in [0.4, 0.5) is 4.79 Å². The molecule has 4 rings (SSSR count). The molecule has 1 aliphatic rings. The summed E-state index contributed by atoms with van der Waals surface area (Å²) >= 11 is 0. The van der Waals surface area contributed by atoms with Crippen LogP contribution in [0.3, 0.4) is 0 Å². The largest absolute Gasteiger partial charge is 0.336 e. The van der Waals surface area contributed by atoms with Gasteiger partial charge in [-0.1, -0.05) is 61.7 Å². The van der Waals surface area contributed by atoms with E-state index in [1.165, 1.54) is 19.3 Å². The predicted molar refractivity (Wildman–Crippen MR) is 109 cm³/mol. The molecule has 0 bridgehead atoms. The van der Waals surface area contributed by atoms with Gasteiger partial charge in [-0.05, 0) is 25.0 Å². The monoisotopic (exact) mass is 362 g/mol. The van der Waals surface area contributed by atoms with Gasteiger partial charge in [-0.15, -0.1) is 0 Å². The molecule has 0 spiro atoms. The molecule has 27 heavy (non-hydrogen) atoms. The first-order valence-electron chi connectivity index (χ1n) is 9.86. The van der Waals surface area contributed by atoms with E-state index in [0.717, 1.165) is 35.3 Å². The van der Waals surface area contributed by atoms with Crippen molar-refractivity contribution in [2.24, 2.45) is 0 Å². The van der Waals surface area contributed by atoms with Crippen LogP contribution in [-0.4, -0.2) is 28.2 Å². The summed E-state index contributed by atoms with van der Waals surface area (Å²) in [4.78, 5) is 17.0. The van der Waals surface area contributed by atoms with Crippen LogP contribution in [0, 0.1) is 0 Å². The van der Waals surface area contributed by atoms with E-state index >= 15 is 0 Å². The maximum atomic E-state index is 12.2. The Kier molecular flexibility index (Phi) is 5.37. The van der Waals surface area contributed by atoms with Crippen molar-refractivity contribution >= 4 is 17.1 Å². The van der Waals surface area contributed by atoms with Gasteiger partial charge in [0.05, 0.1) is 11.0 Å². The Morgan fingerprint density at radius 2 is 1.74 bits per heavy atom. The molecule has 5 nitrogen and oxygen atoms in total. The van der Waals surface area contributed by atoms with Crippen LogP contribution in [0.15, 0.2) is 54.6 Å². The number of fused-ring (bicyclic) bond motifs is 1. The van der Waals surface area contributed by atoms with Gasteiger partial charge in [0.25, 0.3) is 0 Å². The molecule has 0 radical (unpaired) electrons. The molecule has 1 fully saturated rings. The number of rotatable bonds is 5. The number of urea groups is 1. The van der Waals surface area contributed by atoms with Crippen molar-refractivity contribution in [2.75, 3.05) is 6.54 Å². The fraction of sp³-hybridized carbons (Fsp3) is 0.364. The summed E-state index contributed by atoms with van der Waals surface area (Å²) < 4.78 is 2.19. The summed E-state index contributed by atoms with van der Waals surface area (Å²) in [5.41, 5.74) is 3.15. The summed E-state index contributed by atoms with van der Waals surface area (Å²) in [7, 11) is 0. The Bertz CT molecular complexity index is 897. The molecular weight excluding hydrogens is 336 g/mol. The summed E-state index contributed by atoms with van der Waals surface area (Å²) in [6.07, 6.45) is 5.91. The zero-order valence-electron chi connectivity index (χ0n) is 15.5. The van der Waals surface area contributed by atoms with Gasteiger partial charge in [0.2, 0.25) is 0 Å². The Labute approximate surface area is 159 Å². The smallest absolute Gasteiger partial charge is 0.315 e. The van der Waals surface area contributed by atoms with Crippen LogP contribution >= 0.6 is 0 Å². The quantitative estimate of drug-likeness (QED) is 0.709. The van der Waals surface area contributed by atoms with E-state index in [-0.39, 0.29) is 6.03 Å². The van der Waals surface area contributed by atoms with Gasteiger partial charge in [-0.25, -0.2) is 9.78 Å². The molecule has 2 N–H and O–H groups in total. The number of carbonyl (C=O) groups is 1. The summed E-state index contributed by atoms with van der Waals surface area (Å²) in [5, 5.41) is 6.12. The number of imidazole rings is 1. The molecule has 140 valence electrons. The van der Waals surface area contributed by atoms with E-state index < -0.39 is 0 Å². The van der Waals surface area contributed by atoms with Crippen molar-refractivity contribution in [2.45, 2.75) is 44.7 Å². The molecule has 0 saturated heterocycles. The number of carbonyl (C=O) groups excluding carboxylic acids is 1. The third-order valence-electron chi connectivity index (χ3n) is 5.25. The number of hydrogen-bond donors (Lipinski definition) is 2. The van der Waals surface area contributed by atoms with Crippen LogP contribution in [0.1, 0.15) is 32.1 Å². The fourth-order valence-corrected chi connectivity index (χ4v) is 3.87. The van der Waals surface area contributed by atoms with Crippen LogP contribution in [-0.2, 0) is 6.54 Å². The third kappa shape index (κ3) is 4.13. The normalized spacial score (nSPS) is 15.0. The summed E-state index contributed by atoms with van der Waals surface area (Å²) in [6, 6.07) is 18.6. The molecule has 0 atom stereocenters. The maximum Gasteiger partial charge on any atom is 0.315 e. The van der Waals surface area contributed by atoms with Gasteiger partial charge in [0.1, 0.15) is 5.82 Å². The first-order valence-corrected chi connectivity index (χ1v) is 9.86. The van der Waals surface area contributed by atoms with Crippen molar-refractivity contribution in [1.29, 1.82) is 0 Å². The molecule has 2 aromatic carbocycles. The molecule has 0 unspecified atom stereocenters. The lowest BCUT2D eigenvalue weighted by Crippen LogP contribution is -2.43. The average Bonchev–Trinajstić information content (AvgIpc) is 3.08. The lowest BCUT2D eigenvalue weighted by molar-refractivity contribution is 0.232. The number of amides is 2. The highest BCUT2D eigenvalue weighted by molar-refractivity contribution is 5.80. The van der Waals surface area contributed by atoms with E-state index in [1.54, 1.807) is 0 Å². The fourth-order valence-electron chi connectivity index (χ4n) is 3.87. The molecule has 1 saturated carbocycles. The molecule has 2 amide bonds. The van der Waals surface area contributed by atoms with Gasteiger partial charge in [0.15, 0.2) is 0 Å². The molecule has 0 aliphatic heterocycles. The van der Waals surface area contributed by atoms with Gasteiger partial charge >= 0.3 is 6.03 Å². The Balaban J connectivity index is 1.45. The van der Waals surface area contributed by atoms with E-state index in [2.05, 4.69) is 33.4 Å². The molecule has 5 heteroatoms. The van der Waals surface area contributed by atoms with Gasteiger partial charge in [-0.3, -0.25) is 0 Å². The van der Waals surface area contributed by atoms with E-state index in [1.807, 2.05) is 36.4 Å². The second kappa shape index (κ2) is 8.25. The van der Waals surface area contributed by atoms with Crippen LogP contribution < -0.4 is 10.6 Å². The standard InChI is InChI=1S/C22H26N4O/c27-22(24-18-11-5-2-6-12-18)23-15-16-26-20-14-8-7-13-19(20)25-21(26)17-9-3-1-4-10-17/h1,3-4,7-10,13-14,18H,2,5-6,11-12,15-16H2,(H2,23,24,27). The predicted octanol–water partition coefficient (Wildman–Crippen LogP) is 4.34. The van der Waals surface area contributed by atoms with Crippen molar-refractivity contribution < 1.29 is 4.79 Å². The van der Waals surface area contributed by atoms with E-state index in [9.17, 15) is 4.79 Å². The second-order valence-corrected chi connectivity index (χ2v) is 7.18. The number of aromatic nitrogens is 2. The highest BCUT2D eigenvalue weighted by Crippen LogP contribution is 2.24. The maximum absolute atomic E-state index is 12.2. The first-order chi connectivity index (χ1) is 13.3. The molecule has 1 aliphatic carbocycles. The molecular formula is C22H26N4O. The zero-order chi connectivity index (χ0) is 18.5. The summed E-state index contributed by atoms with van der Waals surface area (Å²) in [5.74, 6) is 0.936. The van der Waals surface area contributed by atoms with Gasteiger partial charge < -0.3 is 15.2 Å². The highest BCUT2D eigenvalue weighted by atomic mass is 16.2. The Morgan fingerprint density at radius 3 is 2.56 bits per heavy atom. The molecule has 1 aromatic heterocycles. The van der Waals surface area contributed by atoms with Crippen LogP contribution in [0.2, 0.25) is 0 Å². The van der Waals surface area contributed by atoms with Crippen LogP contribution in [0.25, 0.3) is 22.4 Å². The van der Waals surface area contributed by atoms with E-state index in [4.69, 9.17) is 4.98 Å². The molecule has 3 aromatic rings. The van der Waals surface area contributed by atoms with E-state index in [0.29, 0.717) is 19.1 Å². The van der Waals surface area contributed by atoms with Crippen molar-refractivity contribution in [3.63, 3.8) is 0 Å². The lowest BCUT2D eigenvalue weighted by atomic mass is 9.96. The number of benzene rings is 2. The lowest BCUT2D eigenvalue weighted by Gasteiger charge is -2.23.